The van der Waals surface area contributed by atoms with Gasteiger partial charge in [0, 0.05) is 34.1 Å². The van der Waals surface area contributed by atoms with Crippen molar-refractivity contribution in [2.45, 2.75) is 27.7 Å². The van der Waals surface area contributed by atoms with E-state index in [0.717, 1.165) is 34.1 Å². The molecule has 14 aromatic carbocycles. The first-order valence-corrected chi connectivity index (χ1v) is 27.2. The maximum absolute atomic E-state index is 2.42. The number of rotatable bonds is 9. The number of hydrogen-bond donors (Lipinski definition) is 0. The molecular formula is C76H56N2. The predicted octanol–water partition coefficient (Wildman–Crippen LogP) is 21.8. The molecule has 0 aliphatic rings. The van der Waals surface area contributed by atoms with Crippen LogP contribution in [0.25, 0.3) is 98.0 Å². The molecule has 0 atom stereocenters. The summed E-state index contributed by atoms with van der Waals surface area (Å²) in [5.41, 5.74) is 18.9. The molecule has 0 heterocycles. The molecule has 0 bridgehead atoms. The van der Waals surface area contributed by atoms with E-state index in [2.05, 4.69) is 304 Å². The summed E-state index contributed by atoms with van der Waals surface area (Å²) in [5, 5.41) is 15.5. The van der Waals surface area contributed by atoms with Gasteiger partial charge in [0.2, 0.25) is 0 Å². The van der Waals surface area contributed by atoms with E-state index in [0.29, 0.717) is 0 Å². The molecule has 14 rings (SSSR count). The fourth-order valence-corrected chi connectivity index (χ4v) is 12.4. The average Bonchev–Trinajstić information content (AvgIpc) is 3.66. The number of benzene rings is 14. The zero-order valence-corrected chi connectivity index (χ0v) is 44.3. The molecule has 0 aromatic heterocycles. The Labute approximate surface area is 456 Å². The molecule has 2 nitrogen and oxygen atoms in total. The van der Waals surface area contributed by atoms with Gasteiger partial charge < -0.3 is 9.80 Å². The molecule has 14 aromatic rings. The van der Waals surface area contributed by atoms with Gasteiger partial charge in [0.1, 0.15) is 0 Å². The lowest BCUT2D eigenvalue weighted by Gasteiger charge is -2.29. The van der Waals surface area contributed by atoms with Crippen molar-refractivity contribution in [3.63, 3.8) is 0 Å². The quantitative estimate of drug-likeness (QED) is 0.133. The average molecular weight is 997 g/mol. The Balaban J connectivity index is 0.786. The molecule has 0 saturated heterocycles. The fourth-order valence-electron chi connectivity index (χ4n) is 12.4. The van der Waals surface area contributed by atoms with Gasteiger partial charge in [-0.15, -0.1) is 0 Å². The molecule has 0 aliphatic carbocycles. The third-order valence-corrected chi connectivity index (χ3v) is 16.3. The summed E-state index contributed by atoms with van der Waals surface area (Å²) >= 11 is 0. The number of para-hydroxylation sites is 2. The van der Waals surface area contributed by atoms with Gasteiger partial charge in [0.25, 0.3) is 0 Å². The number of anilines is 6. The van der Waals surface area contributed by atoms with Crippen molar-refractivity contribution in [2.24, 2.45) is 0 Å². The molecule has 2 heteroatoms. The lowest BCUT2D eigenvalue weighted by molar-refractivity contribution is 1.22. The first-order valence-electron chi connectivity index (χ1n) is 27.2. The highest BCUT2D eigenvalue weighted by atomic mass is 15.2. The highest BCUT2D eigenvalue weighted by Crippen LogP contribution is 2.45. The van der Waals surface area contributed by atoms with Crippen molar-refractivity contribution in [2.75, 3.05) is 9.80 Å². The first kappa shape index (κ1) is 46.7. The number of nitrogens with zero attached hydrogens (tertiary/aromatic N) is 2. The lowest BCUT2D eigenvalue weighted by Crippen LogP contribution is -2.13. The fraction of sp³-hybridized carbons (Fsp3) is 0.0526. The molecule has 0 N–H and O–H groups in total. The minimum Gasteiger partial charge on any atom is -0.310 e. The Morgan fingerprint density at radius 3 is 0.744 bits per heavy atom. The van der Waals surface area contributed by atoms with Crippen molar-refractivity contribution < 1.29 is 0 Å². The highest BCUT2D eigenvalue weighted by Gasteiger charge is 2.21. The molecule has 370 valence electrons. The van der Waals surface area contributed by atoms with E-state index in [1.54, 1.807) is 0 Å². The first-order chi connectivity index (χ1) is 38.3. The number of fused-ring (bicyclic) bond motifs is 12. The maximum atomic E-state index is 2.42. The van der Waals surface area contributed by atoms with E-state index in [9.17, 15) is 0 Å². The predicted molar refractivity (Wildman–Crippen MR) is 336 cm³/mol. The molecular weight excluding hydrogens is 941 g/mol. The van der Waals surface area contributed by atoms with Gasteiger partial charge in [-0.05, 0) is 221 Å². The molecule has 0 radical (unpaired) electrons. The van der Waals surface area contributed by atoms with E-state index in [1.807, 2.05) is 0 Å². The Bertz CT molecular complexity index is 4290. The van der Waals surface area contributed by atoms with Crippen LogP contribution in [0.15, 0.2) is 267 Å². The van der Waals surface area contributed by atoms with Gasteiger partial charge in [0.05, 0.1) is 0 Å². The Kier molecular flexibility index (Phi) is 11.5. The third kappa shape index (κ3) is 7.96. The van der Waals surface area contributed by atoms with Crippen LogP contribution in [-0.2, 0) is 0 Å². The second kappa shape index (κ2) is 19.1. The van der Waals surface area contributed by atoms with Crippen LogP contribution in [-0.4, -0.2) is 0 Å². The Morgan fingerprint density at radius 2 is 0.423 bits per heavy atom. The summed E-state index contributed by atoms with van der Waals surface area (Å²) in [4.78, 5) is 4.84. The summed E-state index contributed by atoms with van der Waals surface area (Å²) in [6.45, 7) is 8.90. The second-order valence-corrected chi connectivity index (χ2v) is 21.0. The largest absolute Gasteiger partial charge is 0.310 e. The van der Waals surface area contributed by atoms with Crippen molar-refractivity contribution in [3.8, 4) is 33.4 Å². The van der Waals surface area contributed by atoms with Crippen LogP contribution in [0.3, 0.4) is 0 Å². The van der Waals surface area contributed by atoms with Gasteiger partial charge >= 0.3 is 0 Å². The van der Waals surface area contributed by atoms with E-state index >= 15 is 0 Å². The van der Waals surface area contributed by atoms with Gasteiger partial charge in [-0.3, -0.25) is 0 Å². The standard InChI is InChI=1S/C76H56N2/c1-49-17-5-15-27-73(49)77(59-37-29-53(30-38-59)57-33-41-69-65-23-9-7-19-61(65)63-21-11-13-25-67(63)71(69)47-57)75-43-35-55(45-51(75)3)56-36-44-76(52(4)46-56)78(74-28-16-6-18-50(74)2)60-39-31-54(32-40-60)58-34-42-70-66-24-10-8-20-62(66)64-22-12-14-26-68(64)72(70)48-58/h5-48H,1-4H3. The summed E-state index contributed by atoms with van der Waals surface area (Å²) in [6.07, 6.45) is 0. The number of hydrogen-bond acceptors (Lipinski definition) is 2. The summed E-state index contributed by atoms with van der Waals surface area (Å²) in [6, 6.07) is 98.6. The van der Waals surface area contributed by atoms with Crippen LogP contribution in [0.5, 0.6) is 0 Å². The summed E-state index contributed by atoms with van der Waals surface area (Å²) in [5.74, 6) is 0. The zero-order chi connectivity index (χ0) is 52.4. The maximum Gasteiger partial charge on any atom is 0.0491 e. The highest BCUT2D eigenvalue weighted by molar-refractivity contribution is 6.27. The van der Waals surface area contributed by atoms with Crippen molar-refractivity contribution in [3.05, 3.63) is 289 Å². The van der Waals surface area contributed by atoms with Crippen LogP contribution in [0.4, 0.5) is 34.1 Å². The molecule has 0 fully saturated rings. The van der Waals surface area contributed by atoms with Crippen molar-refractivity contribution >= 4 is 98.8 Å². The minimum atomic E-state index is 1.12. The SMILES string of the molecule is Cc1ccccc1N(c1ccc(-c2ccc3c4ccccc4c4ccccc4c3c2)cc1)c1ccc(-c2ccc(N(c3ccc(-c4ccc5c6ccccc6c6ccccc6c5c4)cc3)c3ccccc3C)c(C)c2)cc1C. The molecule has 0 unspecified atom stereocenters. The van der Waals surface area contributed by atoms with Crippen LogP contribution in [0.1, 0.15) is 22.3 Å². The van der Waals surface area contributed by atoms with Crippen LogP contribution >= 0.6 is 0 Å². The summed E-state index contributed by atoms with van der Waals surface area (Å²) in [7, 11) is 0. The van der Waals surface area contributed by atoms with E-state index in [4.69, 9.17) is 0 Å². The normalized spacial score (nSPS) is 11.6. The Hall–Kier alpha value is -9.76. The van der Waals surface area contributed by atoms with Crippen LogP contribution in [0, 0.1) is 27.7 Å². The van der Waals surface area contributed by atoms with Crippen molar-refractivity contribution in [1.29, 1.82) is 0 Å². The zero-order valence-electron chi connectivity index (χ0n) is 44.3. The van der Waals surface area contributed by atoms with Gasteiger partial charge in [-0.1, -0.05) is 194 Å². The van der Waals surface area contributed by atoms with Gasteiger partial charge in [-0.25, -0.2) is 0 Å². The smallest absolute Gasteiger partial charge is 0.0491 e. The second-order valence-electron chi connectivity index (χ2n) is 21.0. The van der Waals surface area contributed by atoms with E-state index in [-0.39, 0.29) is 0 Å². The van der Waals surface area contributed by atoms with Crippen LogP contribution in [0.2, 0.25) is 0 Å². The molecule has 0 aliphatic heterocycles. The third-order valence-electron chi connectivity index (χ3n) is 16.3. The van der Waals surface area contributed by atoms with Crippen LogP contribution < -0.4 is 9.80 Å². The Morgan fingerprint density at radius 1 is 0.179 bits per heavy atom. The monoisotopic (exact) mass is 996 g/mol. The molecule has 78 heavy (non-hydrogen) atoms. The van der Waals surface area contributed by atoms with Crippen molar-refractivity contribution in [1.82, 2.24) is 0 Å². The van der Waals surface area contributed by atoms with Gasteiger partial charge in [0.15, 0.2) is 0 Å². The minimum absolute atomic E-state index is 1.12. The van der Waals surface area contributed by atoms with E-state index in [1.165, 1.54) is 120 Å². The molecule has 0 amide bonds. The lowest BCUT2D eigenvalue weighted by atomic mass is 9.92. The molecule has 0 saturated carbocycles. The van der Waals surface area contributed by atoms with E-state index < -0.39 is 0 Å². The summed E-state index contributed by atoms with van der Waals surface area (Å²) < 4.78 is 0. The topological polar surface area (TPSA) is 6.48 Å². The van der Waals surface area contributed by atoms with Gasteiger partial charge in [-0.2, -0.15) is 0 Å². The number of aryl methyl sites for hydroxylation is 4. The molecule has 0 spiro atoms.